The van der Waals surface area contributed by atoms with E-state index in [1.54, 1.807) is 42.5 Å². The molecule has 0 saturated carbocycles. The number of benzene rings is 2. The second kappa shape index (κ2) is 11.3. The van der Waals surface area contributed by atoms with Gasteiger partial charge < -0.3 is 16.0 Å². The van der Waals surface area contributed by atoms with Gasteiger partial charge in [0.2, 0.25) is 11.8 Å². The molecule has 32 heavy (non-hydrogen) atoms. The fraction of sp³-hybridized carbons (Fsp3) is 0.348. The third kappa shape index (κ3) is 6.45. The SMILES string of the molecule is CCNC(=O)c1cccc(NC(=O)CN2CCCCC2C(=O)Nc2ccc(Cl)c(Cl)c2)c1. The number of nitrogens with zero attached hydrogens (tertiary/aromatic N) is 1. The molecule has 2 aromatic rings. The van der Waals surface area contributed by atoms with Crippen LogP contribution in [0, 0.1) is 0 Å². The quantitative estimate of drug-likeness (QED) is 0.558. The lowest BCUT2D eigenvalue weighted by Gasteiger charge is -2.34. The van der Waals surface area contributed by atoms with Crippen LogP contribution < -0.4 is 16.0 Å². The molecule has 1 heterocycles. The van der Waals surface area contributed by atoms with E-state index in [0.717, 1.165) is 12.8 Å². The minimum absolute atomic E-state index is 0.0743. The average molecular weight is 477 g/mol. The van der Waals surface area contributed by atoms with Gasteiger partial charge in [-0.05, 0) is 62.7 Å². The summed E-state index contributed by atoms with van der Waals surface area (Å²) in [5, 5.41) is 9.20. The Hall–Kier alpha value is -2.61. The topological polar surface area (TPSA) is 90.5 Å². The molecule has 3 rings (SSSR count). The zero-order chi connectivity index (χ0) is 23.1. The summed E-state index contributed by atoms with van der Waals surface area (Å²) in [6.45, 7) is 3.09. The van der Waals surface area contributed by atoms with Crippen molar-refractivity contribution in [3.05, 3.63) is 58.1 Å². The molecule has 0 bridgehead atoms. The number of likely N-dealkylation sites (tertiary alicyclic amines) is 1. The van der Waals surface area contributed by atoms with Gasteiger partial charge in [0, 0.05) is 23.5 Å². The number of carbonyl (C=O) groups is 3. The summed E-state index contributed by atoms with van der Waals surface area (Å²) >= 11 is 12.0. The predicted molar refractivity (Wildman–Crippen MR) is 127 cm³/mol. The second-order valence-corrected chi connectivity index (χ2v) is 8.40. The van der Waals surface area contributed by atoms with Crippen molar-refractivity contribution < 1.29 is 14.4 Å². The van der Waals surface area contributed by atoms with Gasteiger partial charge in [-0.2, -0.15) is 0 Å². The lowest BCUT2D eigenvalue weighted by atomic mass is 10.0. The molecule has 1 fully saturated rings. The maximum absolute atomic E-state index is 12.9. The van der Waals surface area contributed by atoms with Crippen LogP contribution >= 0.6 is 23.2 Å². The van der Waals surface area contributed by atoms with Crippen LogP contribution in [0.2, 0.25) is 10.0 Å². The molecule has 9 heteroatoms. The van der Waals surface area contributed by atoms with Crippen LogP contribution in [0.25, 0.3) is 0 Å². The van der Waals surface area contributed by atoms with E-state index in [1.165, 1.54) is 0 Å². The van der Waals surface area contributed by atoms with Crippen molar-refractivity contribution in [2.24, 2.45) is 0 Å². The van der Waals surface area contributed by atoms with E-state index >= 15 is 0 Å². The number of piperidine rings is 1. The first-order chi connectivity index (χ1) is 15.4. The summed E-state index contributed by atoms with van der Waals surface area (Å²) in [6.07, 6.45) is 2.48. The molecule has 0 aliphatic carbocycles. The van der Waals surface area contributed by atoms with Crippen LogP contribution in [0.15, 0.2) is 42.5 Å². The second-order valence-electron chi connectivity index (χ2n) is 7.59. The number of carbonyl (C=O) groups excluding carboxylic acids is 3. The van der Waals surface area contributed by atoms with Gasteiger partial charge in [0.1, 0.15) is 0 Å². The van der Waals surface area contributed by atoms with Crippen molar-refractivity contribution in [3.63, 3.8) is 0 Å². The largest absolute Gasteiger partial charge is 0.352 e. The molecule has 1 aliphatic heterocycles. The molecule has 0 aromatic heterocycles. The third-order valence-electron chi connectivity index (χ3n) is 5.20. The Morgan fingerprint density at radius 3 is 2.53 bits per heavy atom. The van der Waals surface area contributed by atoms with E-state index < -0.39 is 6.04 Å². The summed E-state index contributed by atoms with van der Waals surface area (Å²) in [6, 6.07) is 11.3. The van der Waals surface area contributed by atoms with Gasteiger partial charge in [-0.25, -0.2) is 0 Å². The Morgan fingerprint density at radius 2 is 1.78 bits per heavy atom. The minimum atomic E-state index is -0.425. The number of anilines is 2. The highest BCUT2D eigenvalue weighted by Crippen LogP contribution is 2.26. The van der Waals surface area contributed by atoms with Crippen molar-refractivity contribution in [2.45, 2.75) is 32.2 Å². The molecule has 1 saturated heterocycles. The fourth-order valence-electron chi connectivity index (χ4n) is 3.66. The Balaban J connectivity index is 1.62. The molecule has 0 spiro atoms. The smallest absolute Gasteiger partial charge is 0.251 e. The Bertz CT molecular complexity index is 999. The van der Waals surface area contributed by atoms with Crippen LogP contribution in [-0.4, -0.2) is 48.3 Å². The predicted octanol–water partition coefficient (Wildman–Crippen LogP) is 4.17. The lowest BCUT2D eigenvalue weighted by molar-refractivity contribution is -0.124. The number of nitrogens with one attached hydrogen (secondary N) is 3. The van der Waals surface area contributed by atoms with Crippen LogP contribution in [0.1, 0.15) is 36.5 Å². The van der Waals surface area contributed by atoms with Gasteiger partial charge >= 0.3 is 0 Å². The standard InChI is InChI=1S/C23H26Cl2N4O3/c1-2-26-22(31)15-6-5-7-16(12-15)27-21(30)14-29-11-4-3-8-20(29)23(32)28-17-9-10-18(24)19(25)13-17/h5-7,9-10,12-13,20H,2-4,8,11,14H2,1H3,(H,26,31)(H,27,30)(H,28,32). The van der Waals surface area contributed by atoms with Crippen molar-refractivity contribution >= 4 is 52.3 Å². The molecule has 1 atom stereocenters. The van der Waals surface area contributed by atoms with Crippen molar-refractivity contribution in [3.8, 4) is 0 Å². The monoisotopic (exact) mass is 476 g/mol. The van der Waals surface area contributed by atoms with E-state index in [2.05, 4.69) is 16.0 Å². The molecular formula is C23H26Cl2N4O3. The maximum atomic E-state index is 12.9. The molecule has 7 nitrogen and oxygen atoms in total. The Labute approximate surface area is 197 Å². The summed E-state index contributed by atoms with van der Waals surface area (Å²) in [7, 11) is 0. The molecule has 0 radical (unpaired) electrons. The molecule has 3 N–H and O–H groups in total. The Kier molecular flexibility index (Phi) is 8.50. The fourth-order valence-corrected chi connectivity index (χ4v) is 3.96. The highest BCUT2D eigenvalue weighted by Gasteiger charge is 2.30. The Morgan fingerprint density at radius 1 is 1.00 bits per heavy atom. The van der Waals surface area contributed by atoms with Gasteiger partial charge in [-0.1, -0.05) is 35.7 Å². The minimum Gasteiger partial charge on any atom is -0.352 e. The van der Waals surface area contributed by atoms with Gasteiger partial charge in [0.05, 0.1) is 22.6 Å². The number of amides is 3. The summed E-state index contributed by atoms with van der Waals surface area (Å²) in [5.74, 6) is -0.625. The third-order valence-corrected chi connectivity index (χ3v) is 5.94. The lowest BCUT2D eigenvalue weighted by Crippen LogP contribution is -2.49. The first-order valence-corrected chi connectivity index (χ1v) is 11.3. The maximum Gasteiger partial charge on any atom is 0.251 e. The van der Waals surface area contributed by atoms with Gasteiger partial charge in [-0.3, -0.25) is 19.3 Å². The molecule has 2 aromatic carbocycles. The van der Waals surface area contributed by atoms with E-state index in [4.69, 9.17) is 23.2 Å². The zero-order valence-corrected chi connectivity index (χ0v) is 19.3. The van der Waals surface area contributed by atoms with Crippen LogP contribution in [-0.2, 0) is 9.59 Å². The normalized spacial score (nSPS) is 16.3. The molecule has 170 valence electrons. The first kappa shape index (κ1) is 24.0. The number of hydrogen-bond acceptors (Lipinski definition) is 4. The molecular weight excluding hydrogens is 451 g/mol. The zero-order valence-electron chi connectivity index (χ0n) is 17.8. The number of halogens is 2. The molecule has 1 aliphatic rings. The van der Waals surface area contributed by atoms with Gasteiger partial charge in [0.15, 0.2) is 0 Å². The molecule has 1 unspecified atom stereocenters. The van der Waals surface area contributed by atoms with E-state index in [1.807, 2.05) is 11.8 Å². The van der Waals surface area contributed by atoms with Gasteiger partial charge in [0.25, 0.3) is 5.91 Å². The highest BCUT2D eigenvalue weighted by atomic mass is 35.5. The first-order valence-electron chi connectivity index (χ1n) is 10.6. The summed E-state index contributed by atoms with van der Waals surface area (Å²) in [4.78, 5) is 39.5. The van der Waals surface area contributed by atoms with Crippen molar-refractivity contribution in [1.29, 1.82) is 0 Å². The van der Waals surface area contributed by atoms with Crippen molar-refractivity contribution in [1.82, 2.24) is 10.2 Å². The highest BCUT2D eigenvalue weighted by molar-refractivity contribution is 6.42. The summed E-state index contributed by atoms with van der Waals surface area (Å²) in [5.41, 5.74) is 1.57. The van der Waals surface area contributed by atoms with E-state index in [0.29, 0.717) is 46.5 Å². The van der Waals surface area contributed by atoms with Gasteiger partial charge in [-0.15, -0.1) is 0 Å². The van der Waals surface area contributed by atoms with Crippen molar-refractivity contribution in [2.75, 3.05) is 30.3 Å². The number of rotatable bonds is 7. The number of hydrogen-bond donors (Lipinski definition) is 3. The molecule has 3 amide bonds. The van der Waals surface area contributed by atoms with Crippen LogP contribution in [0.3, 0.4) is 0 Å². The summed E-state index contributed by atoms with van der Waals surface area (Å²) < 4.78 is 0. The van der Waals surface area contributed by atoms with Crippen LogP contribution in [0.4, 0.5) is 11.4 Å². The van der Waals surface area contributed by atoms with E-state index in [9.17, 15) is 14.4 Å². The average Bonchev–Trinajstić information content (AvgIpc) is 2.77. The van der Waals surface area contributed by atoms with E-state index in [-0.39, 0.29) is 24.3 Å². The van der Waals surface area contributed by atoms with Crippen LogP contribution in [0.5, 0.6) is 0 Å².